The Bertz CT molecular complexity index is 368. The Morgan fingerprint density at radius 2 is 2.06 bits per heavy atom. The van der Waals surface area contributed by atoms with Gasteiger partial charge < -0.3 is 15.4 Å². The smallest absolute Gasteiger partial charge is 0.238 e. The number of carbonyl (C=O) groups excluding carboxylic acids is 1. The normalized spacial score (nSPS) is 12.2. The topological polar surface area (TPSA) is 50.4 Å². The van der Waals surface area contributed by atoms with Crippen LogP contribution in [0.2, 0.25) is 0 Å². The molecule has 1 amide bonds. The van der Waals surface area contributed by atoms with Gasteiger partial charge in [0.1, 0.15) is 0 Å². The van der Waals surface area contributed by atoms with Gasteiger partial charge in [0.2, 0.25) is 5.91 Å². The number of hydrogen-bond acceptors (Lipinski definition) is 3. The van der Waals surface area contributed by atoms with Gasteiger partial charge in [0.15, 0.2) is 0 Å². The van der Waals surface area contributed by atoms with Crippen LogP contribution in [0.4, 0.5) is 5.69 Å². The van der Waals surface area contributed by atoms with Crippen molar-refractivity contribution in [1.82, 2.24) is 5.32 Å². The number of nitrogens with one attached hydrogen (secondary N) is 2. The molecule has 0 bridgehead atoms. The molecule has 5 heteroatoms. The fourth-order valence-electron chi connectivity index (χ4n) is 1.50. The lowest BCUT2D eigenvalue weighted by atomic mass is 10.2. The number of carbonyl (C=O) groups is 1. The van der Waals surface area contributed by atoms with Crippen LogP contribution in [0, 0.1) is 0 Å². The maximum Gasteiger partial charge on any atom is 0.238 e. The summed E-state index contributed by atoms with van der Waals surface area (Å²) in [6.07, 6.45) is 0.930. The zero-order chi connectivity index (χ0) is 13.4. The number of methoxy groups -OCH3 is 1. The standard InChI is InChI=1S/C13H19BrN2O2/c1-3-11(9-18-2)15-8-13(17)16-12-6-4-10(14)5-7-12/h4-7,11,15H,3,8-9H2,1-2H3,(H,16,17). The quantitative estimate of drug-likeness (QED) is 0.812. The molecule has 2 N–H and O–H groups in total. The monoisotopic (exact) mass is 314 g/mol. The molecule has 0 fully saturated rings. The number of hydrogen-bond donors (Lipinski definition) is 2. The molecule has 1 aromatic rings. The van der Waals surface area contributed by atoms with E-state index in [4.69, 9.17) is 4.74 Å². The van der Waals surface area contributed by atoms with Crippen molar-refractivity contribution in [2.75, 3.05) is 25.6 Å². The van der Waals surface area contributed by atoms with Crippen molar-refractivity contribution in [2.24, 2.45) is 0 Å². The van der Waals surface area contributed by atoms with E-state index in [1.165, 1.54) is 0 Å². The van der Waals surface area contributed by atoms with Crippen molar-refractivity contribution >= 4 is 27.5 Å². The number of halogens is 1. The summed E-state index contributed by atoms with van der Waals surface area (Å²) in [6, 6.07) is 7.71. The summed E-state index contributed by atoms with van der Waals surface area (Å²) in [7, 11) is 1.66. The van der Waals surface area contributed by atoms with Gasteiger partial charge in [-0.15, -0.1) is 0 Å². The van der Waals surface area contributed by atoms with E-state index in [1.54, 1.807) is 7.11 Å². The maximum atomic E-state index is 11.7. The van der Waals surface area contributed by atoms with Gasteiger partial charge in [0, 0.05) is 23.3 Å². The highest BCUT2D eigenvalue weighted by Gasteiger charge is 2.08. The number of ether oxygens (including phenoxy) is 1. The minimum absolute atomic E-state index is 0.0492. The first-order valence-electron chi connectivity index (χ1n) is 5.93. The fraction of sp³-hybridized carbons (Fsp3) is 0.462. The summed E-state index contributed by atoms with van der Waals surface area (Å²) in [6.45, 7) is 2.96. The second-order valence-corrected chi connectivity index (χ2v) is 4.91. The van der Waals surface area contributed by atoms with Crippen LogP contribution in [0.5, 0.6) is 0 Å². The number of benzene rings is 1. The summed E-state index contributed by atoms with van der Waals surface area (Å²) in [5.41, 5.74) is 0.796. The molecule has 0 radical (unpaired) electrons. The van der Waals surface area contributed by atoms with Crippen molar-refractivity contribution in [3.05, 3.63) is 28.7 Å². The van der Waals surface area contributed by atoms with Crippen LogP contribution in [-0.2, 0) is 9.53 Å². The lowest BCUT2D eigenvalue weighted by Crippen LogP contribution is -2.38. The first kappa shape index (κ1) is 15.1. The molecule has 4 nitrogen and oxygen atoms in total. The predicted molar refractivity (Wildman–Crippen MR) is 76.7 cm³/mol. The van der Waals surface area contributed by atoms with Crippen LogP contribution >= 0.6 is 15.9 Å². The molecular formula is C13H19BrN2O2. The second kappa shape index (κ2) is 8.24. The molecule has 0 aliphatic heterocycles. The van der Waals surface area contributed by atoms with Gasteiger partial charge in [-0.3, -0.25) is 4.79 Å². The summed E-state index contributed by atoms with van der Waals surface area (Å²) in [5, 5.41) is 5.98. The molecule has 0 aliphatic rings. The van der Waals surface area contributed by atoms with Crippen molar-refractivity contribution in [2.45, 2.75) is 19.4 Å². The molecule has 0 aromatic heterocycles. The Labute approximate surface area is 116 Å². The van der Waals surface area contributed by atoms with Gasteiger partial charge in [-0.2, -0.15) is 0 Å². The fourth-order valence-corrected chi connectivity index (χ4v) is 1.76. The molecule has 100 valence electrons. The molecule has 0 saturated heterocycles. The van der Waals surface area contributed by atoms with Gasteiger partial charge in [0.25, 0.3) is 0 Å². The highest BCUT2D eigenvalue weighted by Crippen LogP contribution is 2.13. The van der Waals surface area contributed by atoms with Crippen LogP contribution < -0.4 is 10.6 Å². The Kier molecular flexibility index (Phi) is 6.93. The highest BCUT2D eigenvalue weighted by atomic mass is 79.9. The number of amides is 1. The van der Waals surface area contributed by atoms with Gasteiger partial charge in [0.05, 0.1) is 13.2 Å². The third-order valence-electron chi connectivity index (χ3n) is 2.54. The zero-order valence-electron chi connectivity index (χ0n) is 10.7. The minimum Gasteiger partial charge on any atom is -0.383 e. The Morgan fingerprint density at radius 1 is 1.39 bits per heavy atom. The van der Waals surface area contributed by atoms with Crippen LogP contribution in [0.15, 0.2) is 28.7 Å². The Hall–Kier alpha value is -0.910. The molecule has 0 aliphatic carbocycles. The van der Waals surface area contributed by atoms with Gasteiger partial charge >= 0.3 is 0 Å². The van der Waals surface area contributed by atoms with Crippen LogP contribution in [0.3, 0.4) is 0 Å². The van der Waals surface area contributed by atoms with E-state index >= 15 is 0 Å². The predicted octanol–water partition coefficient (Wildman–Crippen LogP) is 2.40. The first-order chi connectivity index (χ1) is 8.65. The second-order valence-electron chi connectivity index (χ2n) is 4.00. The van der Waals surface area contributed by atoms with Crippen LogP contribution in [0.1, 0.15) is 13.3 Å². The summed E-state index contributed by atoms with van der Waals surface area (Å²) >= 11 is 3.35. The third kappa shape index (κ3) is 5.62. The Balaban J connectivity index is 2.35. The van der Waals surface area contributed by atoms with Gasteiger partial charge in [-0.25, -0.2) is 0 Å². The van der Waals surface area contributed by atoms with Gasteiger partial charge in [-0.05, 0) is 30.7 Å². The summed E-state index contributed by atoms with van der Waals surface area (Å²) in [5.74, 6) is -0.0492. The SMILES string of the molecule is CCC(COC)NCC(=O)Nc1ccc(Br)cc1. The summed E-state index contributed by atoms with van der Waals surface area (Å²) < 4.78 is 6.05. The Morgan fingerprint density at radius 3 is 2.61 bits per heavy atom. The molecule has 1 atom stereocenters. The zero-order valence-corrected chi connectivity index (χ0v) is 12.3. The molecule has 1 aromatic carbocycles. The van der Waals surface area contributed by atoms with E-state index in [1.807, 2.05) is 24.3 Å². The van der Waals surface area contributed by atoms with Crippen molar-refractivity contribution in [1.29, 1.82) is 0 Å². The molecule has 1 rings (SSSR count). The number of anilines is 1. The maximum absolute atomic E-state index is 11.7. The van der Waals surface area contributed by atoms with Crippen molar-refractivity contribution in [3.8, 4) is 0 Å². The van der Waals surface area contributed by atoms with E-state index < -0.39 is 0 Å². The van der Waals surface area contributed by atoms with Crippen LogP contribution in [-0.4, -0.2) is 32.2 Å². The van der Waals surface area contributed by atoms with E-state index in [0.29, 0.717) is 6.61 Å². The molecule has 18 heavy (non-hydrogen) atoms. The largest absolute Gasteiger partial charge is 0.383 e. The van der Waals surface area contributed by atoms with E-state index in [-0.39, 0.29) is 18.5 Å². The molecule has 0 spiro atoms. The van der Waals surface area contributed by atoms with E-state index in [9.17, 15) is 4.79 Å². The molecule has 0 heterocycles. The molecular weight excluding hydrogens is 296 g/mol. The third-order valence-corrected chi connectivity index (χ3v) is 3.07. The lowest BCUT2D eigenvalue weighted by Gasteiger charge is -2.15. The first-order valence-corrected chi connectivity index (χ1v) is 6.72. The number of rotatable bonds is 7. The summed E-state index contributed by atoms with van der Waals surface area (Å²) in [4.78, 5) is 11.7. The molecule has 0 saturated carbocycles. The highest BCUT2D eigenvalue weighted by molar-refractivity contribution is 9.10. The average Bonchev–Trinajstić information content (AvgIpc) is 2.37. The minimum atomic E-state index is -0.0492. The van der Waals surface area contributed by atoms with Gasteiger partial charge in [-0.1, -0.05) is 22.9 Å². The molecule has 1 unspecified atom stereocenters. The average molecular weight is 315 g/mol. The van der Waals surface area contributed by atoms with E-state index in [2.05, 4.69) is 33.5 Å². The lowest BCUT2D eigenvalue weighted by molar-refractivity contribution is -0.115. The van der Waals surface area contributed by atoms with Crippen molar-refractivity contribution in [3.63, 3.8) is 0 Å². The van der Waals surface area contributed by atoms with Crippen molar-refractivity contribution < 1.29 is 9.53 Å². The van der Waals surface area contributed by atoms with Crippen LogP contribution in [0.25, 0.3) is 0 Å². The van der Waals surface area contributed by atoms with E-state index in [0.717, 1.165) is 16.6 Å².